The molecule has 5 nitrogen and oxygen atoms in total. The third-order valence-electron chi connectivity index (χ3n) is 5.02. The van der Waals surface area contributed by atoms with Gasteiger partial charge in [0.25, 0.3) is 0 Å². The lowest BCUT2D eigenvalue weighted by Gasteiger charge is -2.17. The molecular formula is C21H36N4O. The molecular weight excluding hydrogens is 324 g/mol. The Balaban J connectivity index is 1.72. The number of guanidine groups is 1. The Morgan fingerprint density at radius 2 is 1.92 bits per heavy atom. The smallest absolute Gasteiger partial charge is 0.188 e. The van der Waals surface area contributed by atoms with Crippen molar-refractivity contribution in [3.63, 3.8) is 0 Å². The molecule has 1 unspecified atom stereocenters. The number of hydrogen-bond acceptors (Lipinski definition) is 3. The van der Waals surface area contributed by atoms with E-state index in [1.54, 1.807) is 0 Å². The lowest BCUT2D eigenvalue weighted by molar-refractivity contribution is 0.174. The number of β-amino-alcohol motifs (C(OH)–C–C–N with tert-alkyl or cyclic N) is 1. The molecule has 1 saturated heterocycles. The SMILES string of the molecule is CCCCCCCCNC(N)=NCc1ccccc1CN1CCC(O)C1. The average molecular weight is 361 g/mol. The number of aliphatic hydroxyl groups is 1. The normalized spacial score (nSPS) is 18.4. The summed E-state index contributed by atoms with van der Waals surface area (Å²) in [4.78, 5) is 6.81. The highest BCUT2D eigenvalue weighted by atomic mass is 16.3. The summed E-state index contributed by atoms with van der Waals surface area (Å²) in [6.07, 6.45) is 8.37. The van der Waals surface area contributed by atoms with E-state index < -0.39 is 0 Å². The highest BCUT2D eigenvalue weighted by Crippen LogP contribution is 2.17. The fourth-order valence-electron chi connectivity index (χ4n) is 3.41. The van der Waals surface area contributed by atoms with E-state index in [-0.39, 0.29) is 6.10 Å². The Kier molecular flexibility index (Phi) is 9.50. The summed E-state index contributed by atoms with van der Waals surface area (Å²) >= 11 is 0. The van der Waals surface area contributed by atoms with Crippen LogP contribution in [0.5, 0.6) is 0 Å². The Labute approximate surface area is 158 Å². The van der Waals surface area contributed by atoms with Gasteiger partial charge in [-0.25, -0.2) is 4.99 Å². The van der Waals surface area contributed by atoms with Crippen LogP contribution in [0.2, 0.25) is 0 Å². The number of unbranched alkanes of at least 4 members (excludes halogenated alkanes) is 5. The maximum Gasteiger partial charge on any atom is 0.188 e. The summed E-state index contributed by atoms with van der Waals surface area (Å²) in [6, 6.07) is 8.38. The zero-order valence-corrected chi connectivity index (χ0v) is 16.3. The van der Waals surface area contributed by atoms with Crippen molar-refractivity contribution in [1.82, 2.24) is 10.2 Å². The Morgan fingerprint density at radius 1 is 1.19 bits per heavy atom. The molecule has 1 aromatic rings. The van der Waals surface area contributed by atoms with Crippen LogP contribution in [0.4, 0.5) is 0 Å². The standard InChI is InChI=1S/C21H36N4O/c1-2-3-4-5-6-9-13-23-21(22)24-15-18-10-7-8-11-19(18)16-25-14-12-20(26)17-25/h7-8,10-11,20,26H,2-6,9,12-17H2,1H3,(H3,22,23,24). The van der Waals surface area contributed by atoms with Gasteiger partial charge in [0.1, 0.15) is 0 Å². The van der Waals surface area contributed by atoms with E-state index in [9.17, 15) is 5.11 Å². The van der Waals surface area contributed by atoms with Gasteiger partial charge in [-0.05, 0) is 24.0 Å². The summed E-state index contributed by atoms with van der Waals surface area (Å²) in [5.74, 6) is 0.532. The molecule has 0 radical (unpaired) electrons. The van der Waals surface area contributed by atoms with Gasteiger partial charge >= 0.3 is 0 Å². The van der Waals surface area contributed by atoms with Gasteiger partial charge < -0.3 is 16.2 Å². The zero-order chi connectivity index (χ0) is 18.6. The van der Waals surface area contributed by atoms with Gasteiger partial charge in [-0.1, -0.05) is 63.3 Å². The second-order valence-corrected chi connectivity index (χ2v) is 7.34. The predicted molar refractivity (Wildman–Crippen MR) is 109 cm³/mol. The van der Waals surface area contributed by atoms with Gasteiger partial charge in [0.05, 0.1) is 12.6 Å². The first-order chi connectivity index (χ1) is 12.7. The molecule has 2 rings (SSSR count). The molecule has 1 aliphatic heterocycles. The minimum atomic E-state index is -0.179. The van der Waals surface area contributed by atoms with Gasteiger partial charge in [-0.2, -0.15) is 0 Å². The van der Waals surface area contributed by atoms with E-state index in [1.807, 2.05) is 6.07 Å². The molecule has 4 N–H and O–H groups in total. The molecule has 5 heteroatoms. The largest absolute Gasteiger partial charge is 0.392 e. The molecule has 1 aromatic carbocycles. The van der Waals surface area contributed by atoms with Crippen molar-refractivity contribution < 1.29 is 5.11 Å². The van der Waals surface area contributed by atoms with Crippen molar-refractivity contribution in [2.45, 2.75) is 71.1 Å². The molecule has 1 fully saturated rings. The van der Waals surface area contributed by atoms with Crippen LogP contribution in [0.3, 0.4) is 0 Å². The first kappa shape index (κ1) is 20.7. The van der Waals surface area contributed by atoms with Crippen molar-refractivity contribution >= 4 is 5.96 Å². The third-order valence-corrected chi connectivity index (χ3v) is 5.02. The molecule has 0 amide bonds. The molecule has 0 bridgehead atoms. The second-order valence-electron chi connectivity index (χ2n) is 7.34. The number of aliphatic imine (C=N–C) groups is 1. The van der Waals surface area contributed by atoms with E-state index in [1.165, 1.54) is 43.2 Å². The van der Waals surface area contributed by atoms with Crippen LogP contribution in [0.1, 0.15) is 63.0 Å². The number of nitrogens with one attached hydrogen (secondary N) is 1. The van der Waals surface area contributed by atoms with E-state index >= 15 is 0 Å². The van der Waals surface area contributed by atoms with Crippen molar-refractivity contribution in [2.24, 2.45) is 10.7 Å². The number of hydrogen-bond donors (Lipinski definition) is 3. The van der Waals surface area contributed by atoms with E-state index in [2.05, 4.69) is 40.3 Å². The average Bonchev–Trinajstić information content (AvgIpc) is 3.05. The Hall–Kier alpha value is -1.59. The molecule has 26 heavy (non-hydrogen) atoms. The van der Waals surface area contributed by atoms with Crippen LogP contribution in [-0.4, -0.2) is 41.7 Å². The fourth-order valence-corrected chi connectivity index (χ4v) is 3.41. The van der Waals surface area contributed by atoms with Crippen molar-refractivity contribution in [3.8, 4) is 0 Å². The van der Waals surface area contributed by atoms with Gasteiger partial charge in [0, 0.05) is 26.2 Å². The third kappa shape index (κ3) is 7.75. The number of nitrogens with two attached hydrogens (primary N) is 1. The van der Waals surface area contributed by atoms with Crippen LogP contribution < -0.4 is 11.1 Å². The Bertz CT molecular complexity index is 547. The monoisotopic (exact) mass is 360 g/mol. The van der Waals surface area contributed by atoms with Gasteiger partial charge in [0.15, 0.2) is 5.96 Å². The molecule has 0 spiro atoms. The predicted octanol–water partition coefficient (Wildman–Crippen LogP) is 3.02. The van der Waals surface area contributed by atoms with Crippen LogP contribution in [0.25, 0.3) is 0 Å². The summed E-state index contributed by atoms with van der Waals surface area (Å²) in [5, 5.41) is 12.9. The molecule has 0 saturated carbocycles. The van der Waals surface area contributed by atoms with E-state index in [4.69, 9.17) is 5.73 Å². The highest BCUT2D eigenvalue weighted by Gasteiger charge is 2.20. The molecule has 146 valence electrons. The topological polar surface area (TPSA) is 73.9 Å². The lowest BCUT2D eigenvalue weighted by atomic mass is 10.1. The van der Waals surface area contributed by atoms with Crippen molar-refractivity contribution in [2.75, 3.05) is 19.6 Å². The maximum atomic E-state index is 9.70. The number of aliphatic hydroxyl groups excluding tert-OH is 1. The number of rotatable bonds is 11. The van der Waals surface area contributed by atoms with Gasteiger partial charge in [0.2, 0.25) is 0 Å². The zero-order valence-electron chi connectivity index (χ0n) is 16.3. The molecule has 0 aliphatic carbocycles. The molecule has 1 aliphatic rings. The number of likely N-dealkylation sites (tertiary alicyclic amines) is 1. The minimum absolute atomic E-state index is 0.179. The van der Waals surface area contributed by atoms with Crippen LogP contribution in [0, 0.1) is 0 Å². The quantitative estimate of drug-likeness (QED) is 0.322. The number of benzene rings is 1. The minimum Gasteiger partial charge on any atom is -0.392 e. The summed E-state index contributed by atoms with van der Waals surface area (Å²) in [5.41, 5.74) is 8.49. The first-order valence-electron chi connectivity index (χ1n) is 10.2. The van der Waals surface area contributed by atoms with Crippen LogP contribution >= 0.6 is 0 Å². The van der Waals surface area contributed by atoms with Gasteiger partial charge in [-0.15, -0.1) is 0 Å². The lowest BCUT2D eigenvalue weighted by Crippen LogP contribution is -2.32. The van der Waals surface area contributed by atoms with Gasteiger partial charge in [-0.3, -0.25) is 4.90 Å². The van der Waals surface area contributed by atoms with E-state index in [0.29, 0.717) is 12.5 Å². The molecule has 1 atom stereocenters. The van der Waals surface area contributed by atoms with Crippen molar-refractivity contribution in [3.05, 3.63) is 35.4 Å². The fraction of sp³-hybridized carbons (Fsp3) is 0.667. The maximum absolute atomic E-state index is 9.70. The Morgan fingerprint density at radius 3 is 2.65 bits per heavy atom. The summed E-state index contributed by atoms with van der Waals surface area (Å²) in [6.45, 7) is 6.33. The number of nitrogens with zero attached hydrogens (tertiary/aromatic N) is 2. The first-order valence-corrected chi connectivity index (χ1v) is 10.2. The second kappa shape index (κ2) is 11.9. The highest BCUT2D eigenvalue weighted by molar-refractivity contribution is 5.77. The summed E-state index contributed by atoms with van der Waals surface area (Å²) < 4.78 is 0. The van der Waals surface area contributed by atoms with Crippen LogP contribution in [-0.2, 0) is 13.1 Å². The molecule has 1 heterocycles. The van der Waals surface area contributed by atoms with E-state index in [0.717, 1.165) is 39.0 Å². The van der Waals surface area contributed by atoms with Crippen molar-refractivity contribution in [1.29, 1.82) is 0 Å². The van der Waals surface area contributed by atoms with Crippen LogP contribution in [0.15, 0.2) is 29.3 Å². The molecule has 0 aromatic heterocycles. The summed E-state index contributed by atoms with van der Waals surface area (Å²) in [7, 11) is 0.